The second kappa shape index (κ2) is 7.96. The van der Waals surface area contributed by atoms with E-state index in [-0.39, 0.29) is 17.6 Å². The van der Waals surface area contributed by atoms with Gasteiger partial charge in [-0.3, -0.25) is 4.57 Å². The van der Waals surface area contributed by atoms with Gasteiger partial charge in [0.2, 0.25) is 0 Å². The number of sulfone groups is 1. The monoisotopic (exact) mass is 481 g/mol. The van der Waals surface area contributed by atoms with E-state index in [2.05, 4.69) is 26.1 Å². The standard InChI is InChI=1S/C19H17BrFN3O2S2/c20-13-5-9-15(10-6-13)28(25,26)12-11-27-19-23-22-18(24(19)14-7-8-14)16-3-1-2-4-17(16)21/h1-6,9-10,14H,7-8,11-12H2. The van der Waals surface area contributed by atoms with E-state index in [9.17, 15) is 12.8 Å². The van der Waals surface area contributed by atoms with Crippen LogP contribution in [0.1, 0.15) is 18.9 Å². The second-order valence-corrected chi connectivity index (χ2v) is 10.6. The highest BCUT2D eigenvalue weighted by molar-refractivity contribution is 9.10. The summed E-state index contributed by atoms with van der Waals surface area (Å²) in [7, 11) is -3.38. The topological polar surface area (TPSA) is 64.8 Å². The molecule has 0 amide bonds. The summed E-state index contributed by atoms with van der Waals surface area (Å²) < 4.78 is 42.0. The Labute approximate surface area is 175 Å². The van der Waals surface area contributed by atoms with Crippen molar-refractivity contribution in [1.82, 2.24) is 14.8 Å². The third kappa shape index (κ3) is 4.16. The zero-order valence-electron chi connectivity index (χ0n) is 14.8. The molecule has 28 heavy (non-hydrogen) atoms. The first kappa shape index (κ1) is 19.6. The first-order chi connectivity index (χ1) is 13.5. The third-order valence-corrected chi connectivity index (χ3v) is 7.91. The lowest BCUT2D eigenvalue weighted by Crippen LogP contribution is -2.09. The van der Waals surface area contributed by atoms with Crippen LogP contribution in [0.3, 0.4) is 0 Å². The molecule has 1 aromatic heterocycles. The number of halogens is 2. The van der Waals surface area contributed by atoms with E-state index >= 15 is 0 Å². The van der Waals surface area contributed by atoms with E-state index in [0.717, 1.165) is 17.3 Å². The maximum Gasteiger partial charge on any atom is 0.191 e. The summed E-state index contributed by atoms with van der Waals surface area (Å²) in [5.41, 5.74) is 0.413. The zero-order valence-corrected chi connectivity index (χ0v) is 18.0. The van der Waals surface area contributed by atoms with Gasteiger partial charge in [0.05, 0.1) is 16.2 Å². The highest BCUT2D eigenvalue weighted by atomic mass is 79.9. The van der Waals surface area contributed by atoms with E-state index in [4.69, 9.17) is 0 Å². The van der Waals surface area contributed by atoms with Crippen LogP contribution in [-0.2, 0) is 9.84 Å². The number of hydrogen-bond acceptors (Lipinski definition) is 5. The Kier molecular flexibility index (Phi) is 5.57. The van der Waals surface area contributed by atoms with Crippen LogP contribution in [0.15, 0.2) is 63.1 Å². The van der Waals surface area contributed by atoms with Crippen molar-refractivity contribution in [3.8, 4) is 11.4 Å². The normalized spacial score (nSPS) is 14.4. The number of thioether (sulfide) groups is 1. The van der Waals surface area contributed by atoms with Gasteiger partial charge in [-0.25, -0.2) is 12.8 Å². The Morgan fingerprint density at radius 2 is 1.82 bits per heavy atom. The molecule has 4 rings (SSSR count). The molecule has 0 aliphatic heterocycles. The molecule has 1 heterocycles. The molecule has 1 saturated carbocycles. The van der Waals surface area contributed by atoms with Crippen LogP contribution < -0.4 is 0 Å². The molecule has 9 heteroatoms. The average Bonchev–Trinajstić information content (AvgIpc) is 3.43. The van der Waals surface area contributed by atoms with E-state index in [1.165, 1.54) is 17.8 Å². The predicted octanol–water partition coefficient (Wildman–Crippen LogP) is 4.75. The van der Waals surface area contributed by atoms with Gasteiger partial charge in [-0.15, -0.1) is 10.2 Å². The number of hydrogen-bond donors (Lipinski definition) is 0. The largest absolute Gasteiger partial charge is 0.299 e. The van der Waals surface area contributed by atoms with Gasteiger partial charge in [0.25, 0.3) is 0 Å². The van der Waals surface area contributed by atoms with Crippen molar-refractivity contribution in [1.29, 1.82) is 0 Å². The number of benzene rings is 2. The van der Waals surface area contributed by atoms with Gasteiger partial charge in [0.1, 0.15) is 5.82 Å². The van der Waals surface area contributed by atoms with Crippen LogP contribution in [0.4, 0.5) is 4.39 Å². The van der Waals surface area contributed by atoms with Crippen molar-refractivity contribution in [2.24, 2.45) is 0 Å². The van der Waals surface area contributed by atoms with Gasteiger partial charge >= 0.3 is 0 Å². The number of nitrogens with zero attached hydrogens (tertiary/aromatic N) is 3. The highest BCUT2D eigenvalue weighted by Gasteiger charge is 2.31. The molecule has 0 spiro atoms. The summed E-state index contributed by atoms with van der Waals surface area (Å²) in [6.07, 6.45) is 1.98. The van der Waals surface area contributed by atoms with Crippen molar-refractivity contribution in [3.05, 3.63) is 58.8 Å². The van der Waals surface area contributed by atoms with Gasteiger partial charge in [0.15, 0.2) is 20.8 Å². The van der Waals surface area contributed by atoms with Crippen LogP contribution >= 0.6 is 27.7 Å². The van der Waals surface area contributed by atoms with Crippen LogP contribution in [-0.4, -0.2) is 34.7 Å². The molecule has 1 fully saturated rings. The molecule has 0 radical (unpaired) electrons. The molecule has 0 N–H and O–H groups in total. The molecule has 146 valence electrons. The van der Waals surface area contributed by atoms with E-state index < -0.39 is 9.84 Å². The van der Waals surface area contributed by atoms with E-state index in [0.29, 0.717) is 27.2 Å². The lowest BCUT2D eigenvalue weighted by molar-refractivity contribution is 0.597. The first-order valence-corrected chi connectivity index (χ1v) is 12.2. The number of rotatable bonds is 7. The lowest BCUT2D eigenvalue weighted by Gasteiger charge is -2.09. The van der Waals surface area contributed by atoms with Crippen molar-refractivity contribution in [2.75, 3.05) is 11.5 Å². The molecule has 0 atom stereocenters. The molecule has 2 aromatic carbocycles. The van der Waals surface area contributed by atoms with Crippen LogP contribution in [0, 0.1) is 5.82 Å². The molecule has 5 nitrogen and oxygen atoms in total. The van der Waals surface area contributed by atoms with Crippen LogP contribution in [0.2, 0.25) is 0 Å². The smallest absolute Gasteiger partial charge is 0.191 e. The summed E-state index contributed by atoms with van der Waals surface area (Å²) in [5, 5.41) is 9.03. The minimum Gasteiger partial charge on any atom is -0.299 e. The first-order valence-electron chi connectivity index (χ1n) is 8.76. The number of aromatic nitrogens is 3. The highest BCUT2D eigenvalue weighted by Crippen LogP contribution is 2.41. The van der Waals surface area contributed by atoms with Gasteiger partial charge in [0, 0.05) is 16.3 Å². The van der Waals surface area contributed by atoms with Crippen molar-refractivity contribution in [2.45, 2.75) is 28.9 Å². The Morgan fingerprint density at radius 3 is 2.50 bits per heavy atom. The third-order valence-electron chi connectivity index (χ3n) is 4.45. The van der Waals surface area contributed by atoms with Crippen molar-refractivity contribution in [3.63, 3.8) is 0 Å². The molecule has 3 aromatic rings. The molecule has 0 bridgehead atoms. The van der Waals surface area contributed by atoms with Crippen molar-refractivity contribution < 1.29 is 12.8 Å². The van der Waals surface area contributed by atoms with Crippen molar-refractivity contribution >= 4 is 37.5 Å². The van der Waals surface area contributed by atoms with Gasteiger partial charge in [-0.05, 0) is 49.2 Å². The maximum atomic E-state index is 14.2. The Hall–Kier alpha value is -1.71. The lowest BCUT2D eigenvalue weighted by atomic mass is 10.2. The van der Waals surface area contributed by atoms with Crippen LogP contribution in [0.5, 0.6) is 0 Å². The van der Waals surface area contributed by atoms with Gasteiger partial charge in [-0.2, -0.15) is 0 Å². The summed E-state index contributed by atoms with van der Waals surface area (Å²) >= 11 is 4.65. The summed E-state index contributed by atoms with van der Waals surface area (Å²) in [5.74, 6) is 0.497. The molecular weight excluding hydrogens is 465 g/mol. The Bertz CT molecular complexity index is 1100. The quantitative estimate of drug-likeness (QED) is 0.455. The fourth-order valence-corrected chi connectivity index (χ4v) is 5.78. The Morgan fingerprint density at radius 1 is 1.11 bits per heavy atom. The van der Waals surface area contributed by atoms with Gasteiger partial charge in [-0.1, -0.05) is 39.8 Å². The predicted molar refractivity (Wildman–Crippen MR) is 111 cm³/mol. The maximum absolute atomic E-state index is 14.2. The van der Waals surface area contributed by atoms with Crippen LogP contribution in [0.25, 0.3) is 11.4 Å². The molecular formula is C19H17BrFN3O2S2. The van der Waals surface area contributed by atoms with E-state index in [1.807, 2.05) is 4.57 Å². The second-order valence-electron chi connectivity index (χ2n) is 6.51. The fourth-order valence-electron chi connectivity index (χ4n) is 2.87. The van der Waals surface area contributed by atoms with Gasteiger partial charge < -0.3 is 0 Å². The zero-order chi connectivity index (χ0) is 19.7. The summed E-state index contributed by atoms with van der Waals surface area (Å²) in [6, 6.07) is 13.3. The fraction of sp³-hybridized carbons (Fsp3) is 0.263. The summed E-state index contributed by atoms with van der Waals surface area (Å²) in [6.45, 7) is 0. The Balaban J connectivity index is 1.51. The average molecular weight is 482 g/mol. The minimum atomic E-state index is -3.38. The molecule has 0 unspecified atom stereocenters. The molecule has 1 aliphatic carbocycles. The minimum absolute atomic E-state index is 0.00808. The molecule has 0 saturated heterocycles. The van der Waals surface area contributed by atoms with E-state index in [1.54, 1.807) is 42.5 Å². The SMILES string of the molecule is O=S(=O)(CCSc1nnc(-c2ccccc2F)n1C1CC1)c1ccc(Br)cc1. The summed E-state index contributed by atoms with van der Waals surface area (Å²) in [4.78, 5) is 0.298. The molecule has 1 aliphatic rings.